The van der Waals surface area contributed by atoms with Gasteiger partial charge in [0.15, 0.2) is 0 Å². The first-order valence-electron chi connectivity index (χ1n) is 9.10. The summed E-state index contributed by atoms with van der Waals surface area (Å²) in [6.07, 6.45) is 2.23. The third kappa shape index (κ3) is 5.21. The van der Waals surface area contributed by atoms with E-state index in [4.69, 9.17) is 0 Å². The Bertz CT molecular complexity index is 802. The topological polar surface area (TPSA) is 71.1 Å². The number of nitrogens with zero attached hydrogens (tertiary/aromatic N) is 1. The minimum absolute atomic E-state index is 0.0915. The lowest BCUT2D eigenvalue weighted by atomic mass is 9.92. The molecular weight excluding hydrogens is 346 g/mol. The number of sulfonamides is 1. The summed E-state index contributed by atoms with van der Waals surface area (Å²) in [6, 6.07) is 9.90. The van der Waals surface area contributed by atoms with Crippen molar-refractivity contribution >= 4 is 27.2 Å². The number of hydrogen-bond acceptors (Lipinski definition) is 4. The quantitative estimate of drug-likeness (QED) is 0.663. The second kappa shape index (κ2) is 8.54. The van der Waals surface area contributed by atoms with Crippen molar-refractivity contribution in [3.8, 4) is 0 Å². The van der Waals surface area contributed by atoms with Crippen molar-refractivity contribution in [3.63, 3.8) is 0 Å². The van der Waals surface area contributed by atoms with Crippen LogP contribution in [-0.4, -0.2) is 19.2 Å². The van der Waals surface area contributed by atoms with Gasteiger partial charge in [0.1, 0.15) is 5.82 Å². The molecule has 5 nitrogen and oxygen atoms in total. The Morgan fingerprint density at radius 3 is 2.08 bits per heavy atom. The van der Waals surface area contributed by atoms with Crippen LogP contribution in [0.4, 0.5) is 17.2 Å². The van der Waals surface area contributed by atoms with E-state index < -0.39 is 10.0 Å². The van der Waals surface area contributed by atoms with Crippen LogP contribution in [0, 0.1) is 0 Å². The Kier molecular flexibility index (Phi) is 6.64. The van der Waals surface area contributed by atoms with Crippen LogP contribution < -0.4 is 10.0 Å². The predicted octanol–water partition coefficient (Wildman–Crippen LogP) is 5.22. The Morgan fingerprint density at radius 2 is 1.62 bits per heavy atom. The lowest BCUT2D eigenvalue weighted by Crippen LogP contribution is -2.16. The van der Waals surface area contributed by atoms with E-state index in [1.165, 1.54) is 11.1 Å². The molecule has 26 heavy (non-hydrogen) atoms. The Balaban J connectivity index is 2.27. The van der Waals surface area contributed by atoms with Crippen molar-refractivity contribution in [2.45, 2.75) is 52.9 Å². The summed E-state index contributed by atoms with van der Waals surface area (Å²) in [5.41, 5.74) is 4.45. The van der Waals surface area contributed by atoms with E-state index in [2.05, 4.69) is 60.9 Å². The fraction of sp³-hybridized carbons (Fsp3) is 0.450. The number of para-hydroxylation sites is 1. The van der Waals surface area contributed by atoms with E-state index in [-0.39, 0.29) is 5.75 Å². The molecule has 0 saturated heterocycles. The molecule has 6 heteroatoms. The molecular formula is C20H29N3O2S. The Labute approximate surface area is 157 Å². The Morgan fingerprint density at radius 1 is 1.00 bits per heavy atom. The number of benzene rings is 1. The zero-order chi connectivity index (χ0) is 19.3. The number of pyridine rings is 1. The molecule has 0 radical (unpaired) electrons. The van der Waals surface area contributed by atoms with Gasteiger partial charge in [-0.15, -0.1) is 0 Å². The van der Waals surface area contributed by atoms with Gasteiger partial charge in [0.2, 0.25) is 10.0 Å². The lowest BCUT2D eigenvalue weighted by Gasteiger charge is -2.21. The average Bonchev–Trinajstić information content (AvgIpc) is 2.56. The van der Waals surface area contributed by atoms with E-state index >= 15 is 0 Å². The highest BCUT2D eigenvalue weighted by molar-refractivity contribution is 7.92. The average molecular weight is 376 g/mol. The molecule has 0 aliphatic rings. The van der Waals surface area contributed by atoms with Crippen LogP contribution in [0.3, 0.4) is 0 Å². The smallest absolute Gasteiger partial charge is 0.233 e. The van der Waals surface area contributed by atoms with Gasteiger partial charge in [-0.2, -0.15) is 0 Å². The van der Waals surface area contributed by atoms with Gasteiger partial charge in [0.05, 0.1) is 17.6 Å². The first-order chi connectivity index (χ1) is 12.2. The van der Waals surface area contributed by atoms with Crippen LogP contribution in [0.5, 0.6) is 0 Å². The van der Waals surface area contributed by atoms with E-state index in [9.17, 15) is 8.42 Å². The normalized spacial score (nSPS) is 11.8. The summed E-state index contributed by atoms with van der Waals surface area (Å²) in [4.78, 5) is 4.24. The first kappa shape index (κ1) is 20.2. The van der Waals surface area contributed by atoms with Crippen LogP contribution in [0.1, 0.15) is 64.0 Å². The van der Waals surface area contributed by atoms with Crippen molar-refractivity contribution in [2.24, 2.45) is 0 Å². The Hall–Kier alpha value is -2.08. The SMILES string of the molecule is CCCS(=O)(=O)Nc1ccc(Nc2c(C(C)C)cccc2C(C)C)cn1. The largest absolute Gasteiger partial charge is 0.354 e. The molecule has 0 atom stereocenters. The van der Waals surface area contributed by atoms with Gasteiger partial charge in [0.25, 0.3) is 0 Å². The number of nitrogens with one attached hydrogen (secondary N) is 2. The van der Waals surface area contributed by atoms with Crippen LogP contribution in [0.2, 0.25) is 0 Å². The molecule has 1 aromatic carbocycles. The van der Waals surface area contributed by atoms with Gasteiger partial charge in [-0.25, -0.2) is 13.4 Å². The molecule has 0 fully saturated rings. The molecule has 142 valence electrons. The molecule has 2 N–H and O–H groups in total. The van der Waals surface area contributed by atoms with Crippen molar-refractivity contribution < 1.29 is 8.42 Å². The molecule has 1 aromatic heterocycles. The predicted molar refractivity (Wildman–Crippen MR) is 110 cm³/mol. The molecule has 0 unspecified atom stereocenters. The molecule has 2 aromatic rings. The highest BCUT2D eigenvalue weighted by atomic mass is 32.2. The number of rotatable bonds is 8. The second-order valence-corrected chi connectivity index (χ2v) is 8.94. The maximum atomic E-state index is 11.8. The molecule has 0 amide bonds. The first-order valence-corrected chi connectivity index (χ1v) is 10.7. The molecule has 0 aliphatic heterocycles. The minimum Gasteiger partial charge on any atom is -0.354 e. The fourth-order valence-corrected chi connectivity index (χ4v) is 3.93. The minimum atomic E-state index is -3.33. The van der Waals surface area contributed by atoms with Crippen molar-refractivity contribution in [1.29, 1.82) is 0 Å². The molecule has 0 saturated carbocycles. The van der Waals surface area contributed by atoms with Gasteiger partial charge in [0, 0.05) is 5.69 Å². The van der Waals surface area contributed by atoms with Gasteiger partial charge in [-0.3, -0.25) is 4.72 Å². The van der Waals surface area contributed by atoms with Crippen molar-refractivity contribution in [1.82, 2.24) is 4.98 Å². The summed E-state index contributed by atoms with van der Waals surface area (Å²) in [5.74, 6) is 1.22. The fourth-order valence-electron chi connectivity index (χ4n) is 2.85. The van der Waals surface area contributed by atoms with Crippen LogP contribution in [0.25, 0.3) is 0 Å². The van der Waals surface area contributed by atoms with Crippen molar-refractivity contribution in [2.75, 3.05) is 15.8 Å². The summed E-state index contributed by atoms with van der Waals surface area (Å²) in [5, 5.41) is 3.48. The zero-order valence-corrected chi connectivity index (χ0v) is 17.0. The van der Waals surface area contributed by atoms with E-state index in [1.54, 1.807) is 12.3 Å². The summed E-state index contributed by atoms with van der Waals surface area (Å²) >= 11 is 0. The highest BCUT2D eigenvalue weighted by Gasteiger charge is 2.14. The lowest BCUT2D eigenvalue weighted by molar-refractivity contribution is 0.599. The van der Waals surface area contributed by atoms with E-state index in [0.29, 0.717) is 24.1 Å². The summed E-state index contributed by atoms with van der Waals surface area (Å²) in [7, 11) is -3.33. The number of hydrogen-bond donors (Lipinski definition) is 2. The molecule has 0 bridgehead atoms. The van der Waals surface area contributed by atoms with E-state index in [0.717, 1.165) is 11.4 Å². The monoisotopic (exact) mass is 375 g/mol. The van der Waals surface area contributed by atoms with Crippen LogP contribution in [-0.2, 0) is 10.0 Å². The van der Waals surface area contributed by atoms with Gasteiger partial charge < -0.3 is 5.32 Å². The standard InChI is InChI=1S/C20H29N3O2S/c1-6-12-26(24,25)23-19-11-10-16(13-21-19)22-20-17(14(2)3)8-7-9-18(20)15(4)5/h7-11,13-15,22H,6,12H2,1-5H3,(H,21,23). The number of aromatic nitrogens is 1. The van der Waals surface area contributed by atoms with Gasteiger partial charge in [-0.05, 0) is 41.5 Å². The highest BCUT2D eigenvalue weighted by Crippen LogP contribution is 2.34. The maximum absolute atomic E-state index is 11.8. The second-order valence-electron chi connectivity index (χ2n) is 7.10. The maximum Gasteiger partial charge on any atom is 0.233 e. The third-order valence-electron chi connectivity index (χ3n) is 4.14. The van der Waals surface area contributed by atoms with Gasteiger partial charge in [-0.1, -0.05) is 52.8 Å². The van der Waals surface area contributed by atoms with Gasteiger partial charge >= 0.3 is 0 Å². The summed E-state index contributed by atoms with van der Waals surface area (Å²) < 4.78 is 26.2. The molecule has 0 spiro atoms. The number of anilines is 3. The zero-order valence-electron chi connectivity index (χ0n) is 16.2. The molecule has 1 heterocycles. The molecule has 2 rings (SSSR count). The summed E-state index contributed by atoms with van der Waals surface area (Å²) in [6.45, 7) is 10.5. The van der Waals surface area contributed by atoms with Crippen molar-refractivity contribution in [3.05, 3.63) is 47.7 Å². The molecule has 0 aliphatic carbocycles. The van der Waals surface area contributed by atoms with E-state index in [1.807, 2.05) is 13.0 Å². The van der Waals surface area contributed by atoms with Crippen LogP contribution >= 0.6 is 0 Å². The third-order valence-corrected chi connectivity index (χ3v) is 5.60. The van der Waals surface area contributed by atoms with Crippen LogP contribution in [0.15, 0.2) is 36.5 Å².